The van der Waals surface area contributed by atoms with Gasteiger partial charge in [-0.15, -0.1) is 0 Å². The molecule has 0 aliphatic carbocycles. The summed E-state index contributed by atoms with van der Waals surface area (Å²) in [5.74, 6) is 1.97. The average molecular weight is 233 g/mol. The molecule has 0 fully saturated rings. The van der Waals surface area contributed by atoms with Gasteiger partial charge in [-0.05, 0) is 17.7 Å². The molecule has 0 saturated heterocycles. The van der Waals surface area contributed by atoms with Crippen LogP contribution in [0.3, 0.4) is 0 Å². The van der Waals surface area contributed by atoms with Gasteiger partial charge in [0.2, 0.25) is 0 Å². The van der Waals surface area contributed by atoms with Gasteiger partial charge >= 0.3 is 0 Å². The Labute approximate surface area is 103 Å². The van der Waals surface area contributed by atoms with Crippen LogP contribution in [0.25, 0.3) is 0 Å². The Bertz CT molecular complexity index is 400. The Hall–Kier alpha value is -1.71. The molecule has 0 N–H and O–H groups in total. The van der Waals surface area contributed by atoms with Gasteiger partial charge in [0.1, 0.15) is 5.75 Å². The lowest BCUT2D eigenvalue weighted by Gasteiger charge is -2.24. The minimum Gasteiger partial charge on any atom is -0.497 e. The van der Waals surface area contributed by atoms with E-state index in [2.05, 4.69) is 41.0 Å². The van der Waals surface area contributed by atoms with Gasteiger partial charge in [0.05, 0.1) is 13.7 Å². The van der Waals surface area contributed by atoms with Crippen molar-refractivity contribution in [1.82, 2.24) is 9.80 Å². The van der Waals surface area contributed by atoms with E-state index in [9.17, 15) is 0 Å². The number of guanidine groups is 1. The van der Waals surface area contributed by atoms with Gasteiger partial charge < -0.3 is 14.5 Å². The Morgan fingerprint density at radius 1 is 1.35 bits per heavy atom. The summed E-state index contributed by atoms with van der Waals surface area (Å²) in [5.41, 5.74) is 1.26. The van der Waals surface area contributed by atoms with Gasteiger partial charge in [-0.3, -0.25) is 4.99 Å². The van der Waals surface area contributed by atoms with Gasteiger partial charge in [0.15, 0.2) is 5.96 Å². The van der Waals surface area contributed by atoms with Gasteiger partial charge in [0, 0.05) is 27.2 Å². The number of nitrogens with zero attached hydrogens (tertiary/aromatic N) is 3. The molecule has 0 amide bonds. The van der Waals surface area contributed by atoms with E-state index in [0.717, 1.165) is 31.3 Å². The van der Waals surface area contributed by atoms with Crippen molar-refractivity contribution in [1.29, 1.82) is 0 Å². The lowest BCUT2D eigenvalue weighted by atomic mass is 10.2. The fourth-order valence-corrected chi connectivity index (χ4v) is 2.01. The van der Waals surface area contributed by atoms with Gasteiger partial charge in [-0.1, -0.05) is 12.1 Å². The van der Waals surface area contributed by atoms with E-state index in [1.807, 2.05) is 12.1 Å². The molecule has 1 aliphatic rings. The molecule has 0 bridgehead atoms. The molecule has 0 aromatic heterocycles. The molecule has 1 heterocycles. The first-order chi connectivity index (χ1) is 8.20. The van der Waals surface area contributed by atoms with E-state index >= 15 is 0 Å². The maximum atomic E-state index is 5.15. The second-order valence-corrected chi connectivity index (χ2v) is 4.31. The standard InChI is InChI=1S/C13H19N3O/c1-15-9-8-14-13(15)16(2)10-11-4-6-12(17-3)7-5-11/h4-7H,8-10H2,1-3H3. The maximum absolute atomic E-state index is 5.15. The smallest absolute Gasteiger partial charge is 0.196 e. The van der Waals surface area contributed by atoms with E-state index < -0.39 is 0 Å². The summed E-state index contributed by atoms with van der Waals surface area (Å²) >= 11 is 0. The molecule has 0 saturated carbocycles. The van der Waals surface area contributed by atoms with Crippen LogP contribution in [0.15, 0.2) is 29.3 Å². The molecule has 2 rings (SSSR count). The van der Waals surface area contributed by atoms with E-state index in [1.165, 1.54) is 5.56 Å². The molecule has 1 aromatic carbocycles. The molecule has 0 spiro atoms. The first kappa shape index (κ1) is 11.8. The van der Waals surface area contributed by atoms with E-state index in [0.29, 0.717) is 0 Å². The van der Waals surface area contributed by atoms with Crippen molar-refractivity contribution in [3.8, 4) is 5.75 Å². The minimum absolute atomic E-state index is 0.868. The first-order valence-corrected chi connectivity index (χ1v) is 5.80. The van der Waals surface area contributed by atoms with Crippen molar-refractivity contribution in [2.24, 2.45) is 4.99 Å². The lowest BCUT2D eigenvalue weighted by molar-refractivity contribution is 0.409. The number of rotatable bonds is 3. The highest BCUT2D eigenvalue weighted by Gasteiger charge is 2.16. The van der Waals surface area contributed by atoms with Crippen molar-refractivity contribution in [3.05, 3.63) is 29.8 Å². The topological polar surface area (TPSA) is 28.1 Å². The highest BCUT2D eigenvalue weighted by molar-refractivity contribution is 5.81. The number of ether oxygens (including phenoxy) is 1. The molecule has 0 unspecified atom stereocenters. The number of likely N-dealkylation sites (N-methyl/N-ethyl adjacent to an activating group) is 1. The SMILES string of the molecule is COc1ccc(CN(C)C2=NCCN2C)cc1. The maximum Gasteiger partial charge on any atom is 0.196 e. The van der Waals surface area contributed by atoms with E-state index in [1.54, 1.807) is 7.11 Å². The fraction of sp³-hybridized carbons (Fsp3) is 0.462. The van der Waals surface area contributed by atoms with Gasteiger partial charge in [-0.25, -0.2) is 0 Å². The molecule has 1 aliphatic heterocycles. The van der Waals surface area contributed by atoms with Crippen LogP contribution in [0.4, 0.5) is 0 Å². The fourth-order valence-electron chi connectivity index (χ4n) is 2.01. The highest BCUT2D eigenvalue weighted by Crippen LogP contribution is 2.13. The Morgan fingerprint density at radius 2 is 2.06 bits per heavy atom. The van der Waals surface area contributed by atoms with Gasteiger partial charge in [-0.2, -0.15) is 0 Å². The molecule has 17 heavy (non-hydrogen) atoms. The summed E-state index contributed by atoms with van der Waals surface area (Å²) in [7, 11) is 5.84. The number of aliphatic imine (C=N–C) groups is 1. The van der Waals surface area contributed by atoms with Crippen LogP contribution < -0.4 is 4.74 Å². The predicted molar refractivity (Wildman–Crippen MR) is 69.4 cm³/mol. The Morgan fingerprint density at radius 3 is 2.59 bits per heavy atom. The monoisotopic (exact) mass is 233 g/mol. The zero-order valence-electron chi connectivity index (χ0n) is 10.7. The molecular formula is C13H19N3O. The van der Waals surface area contributed by atoms with Gasteiger partial charge in [0.25, 0.3) is 0 Å². The Balaban J connectivity index is 2.00. The van der Waals surface area contributed by atoms with Crippen LogP contribution in [0.1, 0.15) is 5.56 Å². The third kappa shape index (κ3) is 2.70. The molecule has 4 nitrogen and oxygen atoms in total. The zero-order chi connectivity index (χ0) is 12.3. The number of hydrogen-bond donors (Lipinski definition) is 0. The number of hydrogen-bond acceptors (Lipinski definition) is 4. The van der Waals surface area contributed by atoms with Crippen molar-refractivity contribution >= 4 is 5.96 Å². The van der Waals surface area contributed by atoms with Crippen LogP contribution in [-0.4, -0.2) is 50.1 Å². The van der Waals surface area contributed by atoms with E-state index in [-0.39, 0.29) is 0 Å². The van der Waals surface area contributed by atoms with Crippen LogP contribution in [0, 0.1) is 0 Å². The zero-order valence-corrected chi connectivity index (χ0v) is 10.7. The molecule has 0 radical (unpaired) electrons. The Kier molecular flexibility index (Phi) is 3.52. The first-order valence-electron chi connectivity index (χ1n) is 5.80. The second kappa shape index (κ2) is 5.08. The van der Waals surface area contributed by atoms with Crippen LogP contribution >= 0.6 is 0 Å². The largest absolute Gasteiger partial charge is 0.497 e. The molecule has 92 valence electrons. The van der Waals surface area contributed by atoms with Crippen molar-refractivity contribution < 1.29 is 4.74 Å². The van der Waals surface area contributed by atoms with Crippen molar-refractivity contribution in [2.75, 3.05) is 34.3 Å². The normalized spacial score (nSPS) is 14.8. The summed E-state index contributed by atoms with van der Waals surface area (Å²) < 4.78 is 5.15. The summed E-state index contributed by atoms with van der Waals surface area (Å²) in [6.45, 7) is 2.79. The van der Waals surface area contributed by atoms with E-state index in [4.69, 9.17) is 4.74 Å². The molecule has 4 heteroatoms. The summed E-state index contributed by atoms with van der Waals surface area (Å²) in [5, 5.41) is 0. The van der Waals surface area contributed by atoms with Crippen LogP contribution in [0.2, 0.25) is 0 Å². The number of benzene rings is 1. The third-order valence-electron chi connectivity index (χ3n) is 2.95. The minimum atomic E-state index is 0.868. The van der Waals surface area contributed by atoms with Crippen LogP contribution in [0.5, 0.6) is 5.75 Å². The quantitative estimate of drug-likeness (QED) is 0.790. The van der Waals surface area contributed by atoms with Crippen LogP contribution in [-0.2, 0) is 6.54 Å². The lowest BCUT2D eigenvalue weighted by Crippen LogP contribution is -2.36. The molecular weight excluding hydrogens is 214 g/mol. The third-order valence-corrected chi connectivity index (χ3v) is 2.95. The molecule has 1 aromatic rings. The summed E-state index contributed by atoms with van der Waals surface area (Å²) in [6.07, 6.45) is 0. The summed E-state index contributed by atoms with van der Waals surface area (Å²) in [6, 6.07) is 8.16. The van der Waals surface area contributed by atoms with Crippen molar-refractivity contribution in [2.45, 2.75) is 6.54 Å². The molecule has 0 atom stereocenters. The van der Waals surface area contributed by atoms with Crippen molar-refractivity contribution in [3.63, 3.8) is 0 Å². The second-order valence-electron chi connectivity index (χ2n) is 4.31. The highest BCUT2D eigenvalue weighted by atomic mass is 16.5. The predicted octanol–water partition coefficient (Wildman–Crippen LogP) is 1.43. The number of methoxy groups -OCH3 is 1. The summed E-state index contributed by atoms with van der Waals surface area (Å²) in [4.78, 5) is 8.85. The average Bonchev–Trinajstić information content (AvgIpc) is 2.76.